The van der Waals surface area contributed by atoms with Crippen LogP contribution in [0.3, 0.4) is 0 Å². The van der Waals surface area contributed by atoms with Crippen molar-refractivity contribution >= 4 is 103 Å². The van der Waals surface area contributed by atoms with Crippen molar-refractivity contribution in [2.45, 2.75) is 114 Å². The number of benzene rings is 5. The van der Waals surface area contributed by atoms with Crippen molar-refractivity contribution in [1.82, 2.24) is 40.4 Å². The van der Waals surface area contributed by atoms with Crippen LogP contribution < -0.4 is 20.7 Å². The van der Waals surface area contributed by atoms with E-state index in [-0.39, 0.29) is 91.2 Å². The monoisotopic (exact) mass is 1240 g/mol. The van der Waals surface area contributed by atoms with Crippen LogP contribution in [0.15, 0.2) is 91.0 Å². The van der Waals surface area contributed by atoms with Gasteiger partial charge in [-0.05, 0) is 112 Å². The minimum atomic E-state index is -1.83. The molecule has 5 amide bonds. The Morgan fingerprint density at radius 2 is 1.28 bits per heavy atom. The third kappa shape index (κ3) is 16.1. The standard InChI is InChI=1S/C66H78N10O12S/c1-39-15-9-21-46-56(39)72-58-43(19-12-23-48(58)69-46)63(83)67-28-32-74(3)30-14-33-76(4,34-29-68-64(84)44-20-13-24-49-59(44)73-57-40(2)16-10-22-47(57)70-49)38-41-26-27-51(88-52-36-45(66(86)87)60(80)62(82)61(52)81)50(35-41)71-54(78)25-11-18-42(77)17-7-6-8-31-75-55(79)37-53(89-5)65(75)85/h9-10,12-13,15-16,19-24,26-27,35,45,52-53,60-62,80-82H,6-8,11,14,17-18,25,28-34,36-38H2,1-5H3,(H3-,67,68,71,78,83,84,86,87)/p+1/t45-,52+,53?,60+,61-,62-,76?/m0/s1. The van der Waals surface area contributed by atoms with Gasteiger partial charge in [0, 0.05) is 70.3 Å². The number of carbonyl (C=O) groups excluding carboxylic acids is 6. The molecule has 2 aromatic heterocycles. The first-order valence-corrected chi connectivity index (χ1v) is 31.7. The molecule has 7 atom stereocenters. The van der Waals surface area contributed by atoms with E-state index in [1.807, 2.05) is 75.7 Å². The van der Waals surface area contributed by atoms with E-state index in [1.54, 1.807) is 42.5 Å². The van der Waals surface area contributed by atoms with Crippen LogP contribution in [0.5, 0.6) is 5.75 Å². The molecule has 0 radical (unpaired) electrons. The number of hydrogen-bond donors (Lipinski definition) is 7. The number of nitrogens with zero attached hydrogens (tertiary/aromatic N) is 7. The number of unbranched alkanes of at least 4 members (excludes halogenated alkanes) is 2. The zero-order valence-corrected chi connectivity index (χ0v) is 51.8. The van der Waals surface area contributed by atoms with Crippen LogP contribution >= 0.6 is 11.8 Å². The second kappa shape index (κ2) is 29.5. The minimum absolute atomic E-state index is 0.0306. The number of hydrogen-bond acceptors (Lipinski definition) is 17. The number of aryl methyl sites for hydroxylation is 2. The summed E-state index contributed by atoms with van der Waals surface area (Å²) in [4.78, 5) is 114. The lowest BCUT2D eigenvalue weighted by Gasteiger charge is -2.39. The van der Waals surface area contributed by atoms with Crippen molar-refractivity contribution in [2.75, 3.05) is 71.5 Å². The highest BCUT2D eigenvalue weighted by Crippen LogP contribution is 2.35. The van der Waals surface area contributed by atoms with Crippen LogP contribution in [-0.2, 0) is 30.5 Å². The van der Waals surface area contributed by atoms with Crippen molar-refractivity contribution in [3.8, 4) is 5.75 Å². The number of amides is 5. The fraction of sp³-hybridized carbons (Fsp3) is 0.439. The molecular formula is C66H79N10O12S+. The van der Waals surface area contributed by atoms with Crippen molar-refractivity contribution in [2.24, 2.45) is 5.92 Å². The SMILES string of the molecule is CSC1CC(=O)N(CCCCCC(=O)CCCC(=O)Nc2cc(C[N+](C)(CCCN(C)CCNC(=O)c3cccc4nc5cccc(C)c5nc34)CCNC(=O)c3cccc4nc5cccc(C)c5nc34)ccc2O[C@@H]2C[C@H](C(=O)O)[C@@H](O)[C@H](O)[C@H]2O)C1=O. The van der Waals surface area contributed by atoms with Gasteiger partial charge in [0.15, 0.2) is 0 Å². The number of carbonyl (C=O) groups is 7. The number of thioether (sulfide) groups is 1. The summed E-state index contributed by atoms with van der Waals surface area (Å²) in [5.74, 6) is -4.15. The number of nitrogens with one attached hydrogen (secondary N) is 3. The maximum Gasteiger partial charge on any atom is 0.309 e. The van der Waals surface area contributed by atoms with E-state index in [0.717, 1.165) is 33.2 Å². The molecule has 470 valence electrons. The van der Waals surface area contributed by atoms with E-state index in [4.69, 9.17) is 24.7 Å². The molecular weight excluding hydrogens is 1160 g/mol. The first-order chi connectivity index (χ1) is 42.7. The number of carboxylic acid groups (broad SMARTS) is 1. The number of Topliss-reactive ketones (excluding diaryl/α,β-unsaturated/α-hetero) is 1. The Bertz CT molecular complexity index is 3800. The number of aliphatic hydroxyl groups excluding tert-OH is 3. The molecule has 1 saturated carbocycles. The number of carboxylic acids is 1. The molecule has 7 aromatic rings. The van der Waals surface area contributed by atoms with Crippen LogP contribution in [0.1, 0.15) is 102 Å². The number of quaternary nitrogens is 1. The van der Waals surface area contributed by atoms with Crippen LogP contribution in [0, 0.1) is 19.8 Å². The van der Waals surface area contributed by atoms with Gasteiger partial charge in [0.2, 0.25) is 17.7 Å². The summed E-state index contributed by atoms with van der Waals surface area (Å²) in [5.41, 5.74) is 8.79. The highest BCUT2D eigenvalue weighted by atomic mass is 32.2. The number of fused-ring (bicyclic) bond motifs is 4. The molecule has 22 nitrogen and oxygen atoms in total. The lowest BCUT2D eigenvalue weighted by atomic mass is 9.80. The van der Waals surface area contributed by atoms with Gasteiger partial charge in [0.1, 0.15) is 47.4 Å². The number of para-hydroxylation sites is 4. The fourth-order valence-corrected chi connectivity index (χ4v) is 12.5. The van der Waals surface area contributed by atoms with Crippen LogP contribution in [0.4, 0.5) is 5.69 Å². The summed E-state index contributed by atoms with van der Waals surface area (Å²) in [5, 5.41) is 51.0. The van der Waals surface area contributed by atoms with Crippen LogP contribution in [0.2, 0.25) is 0 Å². The summed E-state index contributed by atoms with van der Waals surface area (Å²) in [6, 6.07) is 27.4. The van der Waals surface area contributed by atoms with Gasteiger partial charge >= 0.3 is 5.97 Å². The molecule has 2 unspecified atom stereocenters. The summed E-state index contributed by atoms with van der Waals surface area (Å²) in [6.45, 7) is 7.45. The smallest absolute Gasteiger partial charge is 0.309 e. The van der Waals surface area contributed by atoms with Crippen LogP contribution in [0.25, 0.3) is 44.1 Å². The Balaban J connectivity index is 0.881. The number of aromatic nitrogens is 4. The number of aliphatic carboxylic acids is 1. The number of likely N-dealkylation sites (N-methyl/N-ethyl adjacent to an activating group) is 2. The molecule has 89 heavy (non-hydrogen) atoms. The maximum absolute atomic E-state index is 14.1. The zero-order valence-electron chi connectivity index (χ0n) is 50.9. The Morgan fingerprint density at radius 1 is 0.685 bits per heavy atom. The molecule has 2 fully saturated rings. The summed E-state index contributed by atoms with van der Waals surface area (Å²) in [7, 11) is 4.04. The summed E-state index contributed by atoms with van der Waals surface area (Å²) < 4.78 is 6.63. The van der Waals surface area contributed by atoms with E-state index in [1.165, 1.54) is 16.7 Å². The molecule has 1 aliphatic heterocycles. The Hall–Kier alpha value is -8.06. The Labute approximate surface area is 520 Å². The third-order valence-corrected chi connectivity index (χ3v) is 17.9. The fourth-order valence-electron chi connectivity index (χ4n) is 11.8. The largest absolute Gasteiger partial charge is 0.485 e. The number of ketones is 1. The molecule has 2 aliphatic rings. The number of imide groups is 1. The second-order valence-corrected chi connectivity index (χ2v) is 24.8. The predicted octanol–water partition coefficient (Wildman–Crippen LogP) is 6.29. The molecule has 1 saturated heterocycles. The van der Waals surface area contributed by atoms with Crippen molar-refractivity contribution in [1.29, 1.82) is 0 Å². The van der Waals surface area contributed by atoms with Gasteiger partial charge in [0.05, 0.1) is 93.9 Å². The van der Waals surface area contributed by atoms with Gasteiger partial charge in [-0.3, -0.25) is 38.5 Å². The van der Waals surface area contributed by atoms with E-state index in [9.17, 15) is 54.0 Å². The molecule has 9 rings (SSSR count). The van der Waals surface area contributed by atoms with E-state index < -0.39 is 42.2 Å². The number of likely N-dealkylation sites (tertiary alicyclic amines) is 1. The molecule has 0 spiro atoms. The quantitative estimate of drug-likeness (QED) is 0.0117. The Morgan fingerprint density at radius 3 is 1.89 bits per heavy atom. The van der Waals surface area contributed by atoms with Gasteiger partial charge in [-0.2, -0.15) is 11.8 Å². The summed E-state index contributed by atoms with van der Waals surface area (Å²) in [6.07, 6.45) is -1.78. The van der Waals surface area contributed by atoms with Gasteiger partial charge in [-0.25, -0.2) is 19.9 Å². The van der Waals surface area contributed by atoms with Gasteiger partial charge in [-0.15, -0.1) is 0 Å². The Kier molecular flexibility index (Phi) is 21.7. The maximum atomic E-state index is 14.1. The van der Waals surface area contributed by atoms with E-state index in [0.29, 0.717) is 115 Å². The average Bonchev–Trinajstić information content (AvgIpc) is 1.67. The highest BCUT2D eigenvalue weighted by Gasteiger charge is 2.47. The zero-order chi connectivity index (χ0) is 63.5. The highest BCUT2D eigenvalue weighted by molar-refractivity contribution is 8.00. The second-order valence-electron chi connectivity index (χ2n) is 23.8. The average molecular weight is 1240 g/mol. The molecule has 7 N–H and O–H groups in total. The minimum Gasteiger partial charge on any atom is -0.485 e. The van der Waals surface area contributed by atoms with Crippen molar-refractivity contribution in [3.05, 3.63) is 119 Å². The first kappa shape index (κ1) is 65.4. The molecule has 0 bridgehead atoms. The van der Waals surface area contributed by atoms with Gasteiger partial charge in [0.25, 0.3) is 11.8 Å². The molecule has 1 aliphatic carbocycles. The molecule has 23 heteroatoms. The van der Waals surface area contributed by atoms with Crippen molar-refractivity contribution in [3.63, 3.8) is 0 Å². The normalized spacial score (nSPS) is 19.3. The molecule has 3 heterocycles. The number of rotatable bonds is 29. The topological polar surface area (TPSA) is 304 Å². The number of ether oxygens (including phenoxy) is 1. The van der Waals surface area contributed by atoms with Gasteiger partial charge < -0.3 is 50.5 Å². The van der Waals surface area contributed by atoms with E-state index in [2.05, 4.69) is 27.9 Å². The molecule has 5 aromatic carbocycles. The third-order valence-electron chi connectivity index (χ3n) is 17.0. The van der Waals surface area contributed by atoms with E-state index >= 15 is 0 Å². The lowest BCUT2D eigenvalue weighted by Crippen LogP contribution is -2.57. The summed E-state index contributed by atoms with van der Waals surface area (Å²) >= 11 is 1.36. The van der Waals surface area contributed by atoms with Gasteiger partial charge in [-0.1, -0.05) is 42.8 Å². The lowest BCUT2D eigenvalue weighted by molar-refractivity contribution is -0.921. The first-order valence-electron chi connectivity index (χ1n) is 30.4. The van der Waals surface area contributed by atoms with Crippen molar-refractivity contribution < 1.29 is 63.2 Å². The number of aliphatic hydroxyl groups is 3. The van der Waals surface area contributed by atoms with Crippen LogP contribution in [-0.4, -0.2) is 192 Å². The number of anilines is 1. The predicted molar refractivity (Wildman–Crippen MR) is 339 cm³/mol.